The van der Waals surface area contributed by atoms with E-state index in [0.29, 0.717) is 20.8 Å². The third-order valence-electron chi connectivity index (χ3n) is 3.59. The van der Waals surface area contributed by atoms with Gasteiger partial charge in [0.1, 0.15) is 0 Å². The van der Waals surface area contributed by atoms with Crippen LogP contribution in [0.5, 0.6) is 0 Å². The minimum absolute atomic E-state index is 0.338. The Bertz CT molecular complexity index is 416. The molecule has 15 heavy (non-hydrogen) atoms. The second-order valence-corrected chi connectivity index (χ2v) is 5.88. The fourth-order valence-electron chi connectivity index (χ4n) is 2.97. The maximum absolute atomic E-state index is 13.5. The number of rotatable bonds is 0. The zero-order valence-electron chi connectivity index (χ0n) is 7.79. The van der Waals surface area contributed by atoms with E-state index in [0.717, 1.165) is 30.4 Å². The Morgan fingerprint density at radius 2 is 1.27 bits per heavy atom. The Balaban J connectivity index is 2.36. The number of halogens is 4. The van der Waals surface area contributed by atoms with Crippen molar-refractivity contribution in [2.75, 3.05) is 0 Å². The van der Waals surface area contributed by atoms with Crippen LogP contribution in [0, 0.1) is 11.6 Å². The molecule has 1 fully saturated rings. The Morgan fingerprint density at radius 3 is 1.67 bits per heavy atom. The van der Waals surface area contributed by atoms with Crippen molar-refractivity contribution in [2.45, 2.75) is 31.1 Å². The predicted octanol–water partition coefficient (Wildman–Crippen LogP) is 4.85. The minimum atomic E-state index is -0.756. The van der Waals surface area contributed by atoms with E-state index in [1.807, 2.05) is 0 Å². The van der Waals surface area contributed by atoms with Gasteiger partial charge < -0.3 is 0 Å². The van der Waals surface area contributed by atoms with E-state index >= 15 is 0 Å². The third kappa shape index (κ3) is 1.21. The molecular formula is C11H8Br2F2. The molecule has 0 nitrogen and oxygen atoms in total. The summed E-state index contributed by atoms with van der Waals surface area (Å²) >= 11 is 6.36. The zero-order chi connectivity index (χ0) is 10.7. The van der Waals surface area contributed by atoms with Gasteiger partial charge in [0.05, 0.1) is 8.95 Å². The number of benzene rings is 1. The van der Waals surface area contributed by atoms with Crippen molar-refractivity contribution in [1.29, 1.82) is 0 Å². The molecule has 0 saturated heterocycles. The van der Waals surface area contributed by atoms with Crippen molar-refractivity contribution in [3.05, 3.63) is 31.7 Å². The lowest BCUT2D eigenvalue weighted by molar-refractivity contribution is 0.493. The highest BCUT2D eigenvalue weighted by atomic mass is 79.9. The molecule has 3 rings (SSSR count). The highest BCUT2D eigenvalue weighted by molar-refractivity contribution is 9.11. The minimum Gasteiger partial charge on any atom is -0.202 e. The van der Waals surface area contributed by atoms with Crippen LogP contribution in [0.1, 0.15) is 42.2 Å². The summed E-state index contributed by atoms with van der Waals surface area (Å²) in [4.78, 5) is 0. The second kappa shape index (κ2) is 3.27. The molecule has 2 bridgehead atoms. The monoisotopic (exact) mass is 336 g/mol. The Morgan fingerprint density at radius 1 is 0.867 bits per heavy atom. The Hall–Kier alpha value is 0.0400. The molecule has 2 aliphatic rings. The van der Waals surface area contributed by atoms with Gasteiger partial charge in [0.2, 0.25) is 0 Å². The van der Waals surface area contributed by atoms with Crippen molar-refractivity contribution in [3.8, 4) is 0 Å². The largest absolute Gasteiger partial charge is 0.202 e. The summed E-state index contributed by atoms with van der Waals surface area (Å²) in [5, 5.41) is 0. The maximum atomic E-state index is 13.5. The van der Waals surface area contributed by atoms with Crippen molar-refractivity contribution >= 4 is 31.9 Å². The van der Waals surface area contributed by atoms with Crippen LogP contribution < -0.4 is 0 Å². The highest BCUT2D eigenvalue weighted by Gasteiger charge is 2.41. The van der Waals surface area contributed by atoms with Crippen LogP contribution in [0.4, 0.5) is 8.78 Å². The van der Waals surface area contributed by atoms with Gasteiger partial charge in [-0.3, -0.25) is 0 Å². The molecule has 0 aromatic heterocycles. The topological polar surface area (TPSA) is 0 Å². The van der Waals surface area contributed by atoms with Gasteiger partial charge in [-0.25, -0.2) is 8.78 Å². The van der Waals surface area contributed by atoms with Gasteiger partial charge in [-0.15, -0.1) is 0 Å². The van der Waals surface area contributed by atoms with Gasteiger partial charge >= 0.3 is 0 Å². The summed E-state index contributed by atoms with van der Waals surface area (Å²) in [6.45, 7) is 0. The van der Waals surface area contributed by atoms with E-state index < -0.39 is 11.6 Å². The molecule has 2 unspecified atom stereocenters. The van der Waals surface area contributed by atoms with Crippen LogP contribution in [0.25, 0.3) is 0 Å². The quantitative estimate of drug-likeness (QED) is 0.468. The van der Waals surface area contributed by atoms with Gasteiger partial charge in [-0.1, -0.05) is 0 Å². The Kier molecular flexibility index (Phi) is 2.22. The first-order valence-corrected chi connectivity index (χ1v) is 6.55. The summed E-state index contributed by atoms with van der Waals surface area (Å²) in [6, 6.07) is 0. The molecule has 0 radical (unpaired) electrons. The van der Waals surface area contributed by atoms with Crippen LogP contribution in [-0.4, -0.2) is 0 Å². The Labute approximate surface area is 103 Å². The molecule has 0 heterocycles. The molecule has 0 amide bonds. The summed E-state index contributed by atoms with van der Waals surface area (Å²) in [5.41, 5.74) is 1.99. The molecule has 0 aliphatic heterocycles. The molecule has 80 valence electrons. The smallest absolute Gasteiger partial charge is 0.174 e. The molecule has 1 saturated carbocycles. The van der Waals surface area contributed by atoms with Crippen LogP contribution in [-0.2, 0) is 0 Å². The zero-order valence-corrected chi connectivity index (χ0v) is 11.0. The van der Waals surface area contributed by atoms with Gasteiger partial charge in [-0.2, -0.15) is 0 Å². The van der Waals surface area contributed by atoms with E-state index in [9.17, 15) is 8.78 Å². The van der Waals surface area contributed by atoms with Gasteiger partial charge in [0.25, 0.3) is 0 Å². The average Bonchev–Trinajstić information content (AvgIpc) is 2.82. The van der Waals surface area contributed by atoms with Crippen molar-refractivity contribution in [3.63, 3.8) is 0 Å². The molecule has 1 aromatic rings. The van der Waals surface area contributed by atoms with Crippen molar-refractivity contribution in [2.24, 2.45) is 0 Å². The van der Waals surface area contributed by atoms with Crippen molar-refractivity contribution < 1.29 is 8.78 Å². The normalized spacial score (nSPS) is 27.2. The van der Waals surface area contributed by atoms with Crippen molar-refractivity contribution in [1.82, 2.24) is 0 Å². The number of hydrogen-bond acceptors (Lipinski definition) is 0. The third-order valence-corrected chi connectivity index (χ3v) is 5.14. The fraction of sp³-hybridized carbons (Fsp3) is 0.455. The summed E-state index contributed by atoms with van der Waals surface area (Å²) < 4.78 is 27.7. The highest BCUT2D eigenvalue weighted by Crippen LogP contribution is 2.58. The fourth-order valence-corrected chi connectivity index (χ4v) is 4.39. The van der Waals surface area contributed by atoms with E-state index in [2.05, 4.69) is 31.9 Å². The molecular weight excluding hydrogens is 330 g/mol. The van der Waals surface area contributed by atoms with E-state index in [4.69, 9.17) is 0 Å². The number of hydrogen-bond donors (Lipinski definition) is 0. The maximum Gasteiger partial charge on any atom is 0.174 e. The van der Waals surface area contributed by atoms with E-state index in [1.165, 1.54) is 0 Å². The molecule has 0 N–H and O–H groups in total. The van der Waals surface area contributed by atoms with E-state index in [1.54, 1.807) is 0 Å². The van der Waals surface area contributed by atoms with Gasteiger partial charge in [0, 0.05) is 0 Å². The average molecular weight is 338 g/mol. The predicted molar refractivity (Wildman–Crippen MR) is 61.1 cm³/mol. The summed E-state index contributed by atoms with van der Waals surface area (Å²) in [7, 11) is 0. The van der Waals surface area contributed by atoms with E-state index in [-0.39, 0.29) is 0 Å². The van der Waals surface area contributed by atoms with Crippen LogP contribution in [0.2, 0.25) is 0 Å². The number of fused-ring (bicyclic) bond motifs is 5. The molecule has 4 heteroatoms. The van der Waals surface area contributed by atoms with Crippen LogP contribution in [0.3, 0.4) is 0 Å². The van der Waals surface area contributed by atoms with Crippen LogP contribution >= 0.6 is 31.9 Å². The SMILES string of the molecule is Fc1c(F)c(Br)c2c(c1Br)C1CCC2C1. The standard InChI is InChI=1S/C11H8Br2F2/c12-8-6-4-1-2-5(3-4)7(6)9(13)11(15)10(8)14/h4-5H,1-3H2. The summed E-state index contributed by atoms with van der Waals surface area (Å²) in [5.74, 6) is -0.669. The lowest BCUT2D eigenvalue weighted by atomic mass is 9.91. The van der Waals surface area contributed by atoms with Crippen LogP contribution in [0.15, 0.2) is 8.95 Å². The lowest BCUT2D eigenvalue weighted by Gasteiger charge is -2.19. The second-order valence-electron chi connectivity index (χ2n) is 4.29. The first kappa shape index (κ1) is 10.2. The van der Waals surface area contributed by atoms with Gasteiger partial charge in [-0.05, 0) is 74.1 Å². The first-order chi connectivity index (χ1) is 7.11. The lowest BCUT2D eigenvalue weighted by Crippen LogP contribution is -2.04. The first-order valence-electron chi connectivity index (χ1n) is 4.97. The molecule has 2 atom stereocenters. The molecule has 2 aliphatic carbocycles. The molecule has 0 spiro atoms. The summed E-state index contributed by atoms with van der Waals surface area (Å²) in [6.07, 6.45) is 3.26. The van der Waals surface area contributed by atoms with Gasteiger partial charge in [0.15, 0.2) is 11.6 Å². The molecule has 1 aromatic carbocycles.